The summed E-state index contributed by atoms with van der Waals surface area (Å²) in [6.07, 6.45) is 7.75. The number of fused-ring (bicyclic) bond motifs is 3. The van der Waals surface area contributed by atoms with Crippen molar-refractivity contribution in [2.24, 2.45) is 17.3 Å². The van der Waals surface area contributed by atoms with Gasteiger partial charge in [0.1, 0.15) is 5.75 Å². The number of aromatic nitrogens is 1. The standard InChI is InChI=1S/C27H26NO.C13H24O2.Ir/c1-16(2)19-12-18-10-11-28-25-21-13-17-8-6-7-9-20(17)22(15-27(3,4)5)26(21)29-23(14-19)24(18)25;1-5-10(6-2)12(14)9-13(15)11(7-3)8-4;/h6-12,14,16H,15H2,1-5H3;9-11,14H,5-8H2,1-4H3;/q-1;;/b;12-9-;. The van der Waals surface area contributed by atoms with Crippen molar-refractivity contribution in [2.75, 3.05) is 0 Å². The molecule has 5 rings (SSSR count). The van der Waals surface area contributed by atoms with E-state index in [-0.39, 0.29) is 48.9 Å². The first-order valence-electron chi connectivity index (χ1n) is 16.4. The van der Waals surface area contributed by atoms with Gasteiger partial charge in [0.15, 0.2) is 5.78 Å². The summed E-state index contributed by atoms with van der Waals surface area (Å²) < 4.78 is 6.65. The van der Waals surface area contributed by atoms with Crippen LogP contribution in [0.15, 0.2) is 60.5 Å². The molecule has 1 aliphatic heterocycles. The number of pyridine rings is 1. The maximum absolute atomic E-state index is 11.7. The van der Waals surface area contributed by atoms with Gasteiger partial charge in [-0.15, -0.1) is 17.5 Å². The molecule has 0 saturated heterocycles. The van der Waals surface area contributed by atoms with E-state index in [1.54, 1.807) is 0 Å². The second-order valence-electron chi connectivity index (χ2n) is 13.6. The molecule has 1 radical (unpaired) electrons. The van der Waals surface area contributed by atoms with Gasteiger partial charge in [-0.1, -0.05) is 103 Å². The minimum Gasteiger partial charge on any atom is -0.512 e. The fraction of sp³-hybridized carbons (Fsp3) is 0.450. The van der Waals surface area contributed by atoms with Crippen LogP contribution in [0, 0.1) is 23.3 Å². The molecule has 45 heavy (non-hydrogen) atoms. The zero-order valence-electron chi connectivity index (χ0n) is 28.5. The Hall–Kier alpha value is -3.01. The van der Waals surface area contributed by atoms with E-state index < -0.39 is 0 Å². The molecule has 0 spiro atoms. The van der Waals surface area contributed by atoms with Crippen LogP contribution < -0.4 is 4.74 Å². The number of hydrogen-bond acceptors (Lipinski definition) is 4. The van der Waals surface area contributed by atoms with Gasteiger partial charge in [0.25, 0.3) is 0 Å². The summed E-state index contributed by atoms with van der Waals surface area (Å²) in [7, 11) is 0. The molecule has 0 unspecified atom stereocenters. The van der Waals surface area contributed by atoms with E-state index in [4.69, 9.17) is 9.72 Å². The van der Waals surface area contributed by atoms with Crippen LogP contribution in [-0.4, -0.2) is 15.9 Å². The minimum atomic E-state index is 0. The van der Waals surface area contributed by atoms with Crippen molar-refractivity contribution >= 4 is 27.3 Å². The van der Waals surface area contributed by atoms with Gasteiger partial charge < -0.3 is 9.84 Å². The third-order valence-corrected chi connectivity index (χ3v) is 8.77. The number of carbonyl (C=O) groups is 1. The Morgan fingerprint density at radius 3 is 2.22 bits per heavy atom. The third kappa shape index (κ3) is 8.23. The third-order valence-electron chi connectivity index (χ3n) is 8.77. The SMILES string of the molecule is CC(C)c1cc2c3c(nccc3c1)-c1[c-]c3ccccc3c(CC(C)(C)C)c1O2.CCC(CC)C(=O)/C=C(\O)C(CC)CC.[Ir]. The summed E-state index contributed by atoms with van der Waals surface area (Å²) in [4.78, 5) is 16.5. The van der Waals surface area contributed by atoms with Gasteiger partial charge in [0.2, 0.25) is 0 Å². The maximum Gasteiger partial charge on any atom is 0.162 e. The van der Waals surface area contributed by atoms with E-state index in [9.17, 15) is 9.90 Å². The summed E-state index contributed by atoms with van der Waals surface area (Å²) in [5.41, 5.74) is 4.64. The normalized spacial score (nSPS) is 12.6. The average molecular weight is 785 g/mol. The molecule has 0 aliphatic carbocycles. The Morgan fingerprint density at radius 1 is 0.978 bits per heavy atom. The molecular formula is C40H50IrNO3-. The van der Waals surface area contributed by atoms with Gasteiger partial charge in [-0.3, -0.25) is 9.78 Å². The Labute approximate surface area is 284 Å². The molecular weight excluding hydrogens is 735 g/mol. The van der Waals surface area contributed by atoms with E-state index in [1.165, 1.54) is 28.0 Å². The molecule has 1 aliphatic rings. The average Bonchev–Trinajstić information content (AvgIpc) is 2.98. The first kappa shape index (κ1) is 36.5. The smallest absolute Gasteiger partial charge is 0.162 e. The van der Waals surface area contributed by atoms with Crippen molar-refractivity contribution in [2.45, 2.75) is 100 Å². The number of ketones is 1. The molecule has 4 nitrogen and oxygen atoms in total. The predicted molar refractivity (Wildman–Crippen MR) is 185 cm³/mol. The Balaban J connectivity index is 0.000000297. The second-order valence-corrected chi connectivity index (χ2v) is 13.6. The van der Waals surface area contributed by atoms with Gasteiger partial charge in [0.05, 0.1) is 11.5 Å². The molecule has 0 atom stereocenters. The Kier molecular flexibility index (Phi) is 12.6. The number of aliphatic hydroxyl groups excluding tert-OH is 1. The van der Waals surface area contributed by atoms with Gasteiger partial charge in [-0.05, 0) is 66.5 Å². The van der Waals surface area contributed by atoms with Gasteiger partial charge in [-0.25, -0.2) is 0 Å². The molecule has 0 amide bonds. The quantitative estimate of drug-likeness (QED) is 0.0919. The fourth-order valence-corrected chi connectivity index (χ4v) is 6.10. The van der Waals surface area contributed by atoms with Crippen molar-refractivity contribution in [3.05, 3.63) is 77.7 Å². The van der Waals surface area contributed by atoms with E-state index in [2.05, 4.69) is 83.1 Å². The molecule has 0 saturated carbocycles. The first-order valence-corrected chi connectivity index (χ1v) is 16.4. The molecule has 4 aromatic rings. The summed E-state index contributed by atoms with van der Waals surface area (Å²) in [6, 6.07) is 18.7. The molecule has 2 heterocycles. The molecule has 243 valence electrons. The molecule has 0 bridgehead atoms. The van der Waals surface area contributed by atoms with Gasteiger partial charge >= 0.3 is 0 Å². The molecule has 3 aromatic carbocycles. The summed E-state index contributed by atoms with van der Waals surface area (Å²) in [6.45, 7) is 19.3. The summed E-state index contributed by atoms with van der Waals surface area (Å²) >= 11 is 0. The Bertz CT molecular complexity index is 1660. The number of aliphatic hydroxyl groups is 1. The maximum atomic E-state index is 11.7. The monoisotopic (exact) mass is 785 g/mol. The van der Waals surface area contributed by atoms with Crippen molar-refractivity contribution < 1.29 is 34.7 Å². The number of rotatable bonds is 9. The second kappa shape index (κ2) is 15.5. The van der Waals surface area contributed by atoms with Crippen molar-refractivity contribution in [1.82, 2.24) is 4.98 Å². The fourth-order valence-electron chi connectivity index (χ4n) is 6.10. The van der Waals surface area contributed by atoms with Crippen LogP contribution in [0.1, 0.15) is 105 Å². The van der Waals surface area contributed by atoms with Gasteiger partial charge in [-0.2, -0.15) is 0 Å². The summed E-state index contributed by atoms with van der Waals surface area (Å²) in [5, 5.41) is 14.4. The number of hydrogen-bond donors (Lipinski definition) is 1. The molecule has 5 heteroatoms. The van der Waals surface area contributed by atoms with E-state index in [1.807, 2.05) is 33.9 Å². The number of allylic oxidation sites excluding steroid dienone is 2. The molecule has 0 fully saturated rings. The predicted octanol–water partition coefficient (Wildman–Crippen LogP) is 11.5. The molecule has 1 aromatic heterocycles. The summed E-state index contributed by atoms with van der Waals surface area (Å²) in [5.74, 6) is 2.83. The van der Waals surface area contributed by atoms with Crippen LogP contribution in [0.5, 0.6) is 11.5 Å². The van der Waals surface area contributed by atoms with Crippen LogP contribution in [0.25, 0.3) is 32.8 Å². The van der Waals surface area contributed by atoms with Crippen LogP contribution >= 0.6 is 0 Å². The topological polar surface area (TPSA) is 59.4 Å². The van der Waals surface area contributed by atoms with Crippen molar-refractivity contribution in [1.29, 1.82) is 0 Å². The van der Waals surface area contributed by atoms with Crippen molar-refractivity contribution in [3.63, 3.8) is 0 Å². The van der Waals surface area contributed by atoms with E-state index in [0.717, 1.165) is 65.6 Å². The van der Waals surface area contributed by atoms with Crippen LogP contribution in [0.3, 0.4) is 0 Å². The zero-order chi connectivity index (χ0) is 32.2. The van der Waals surface area contributed by atoms with E-state index in [0.29, 0.717) is 5.92 Å². The minimum absolute atomic E-state index is 0. The number of ether oxygens (including phenoxy) is 1. The number of nitrogens with zero attached hydrogens (tertiary/aromatic N) is 1. The van der Waals surface area contributed by atoms with Crippen molar-refractivity contribution in [3.8, 4) is 22.8 Å². The number of carbonyl (C=O) groups excluding carboxylic acids is 1. The van der Waals surface area contributed by atoms with Crippen LogP contribution in [-0.2, 0) is 31.3 Å². The van der Waals surface area contributed by atoms with Crippen LogP contribution in [0.4, 0.5) is 0 Å². The molecule has 1 N–H and O–H groups in total. The first-order chi connectivity index (χ1) is 20.9. The van der Waals surface area contributed by atoms with Crippen LogP contribution in [0.2, 0.25) is 0 Å². The zero-order valence-corrected chi connectivity index (χ0v) is 30.9. The Morgan fingerprint density at radius 2 is 1.62 bits per heavy atom. The van der Waals surface area contributed by atoms with E-state index >= 15 is 0 Å². The van der Waals surface area contributed by atoms with Gasteiger partial charge in [0, 0.05) is 55.3 Å². The number of benzene rings is 3. The largest absolute Gasteiger partial charge is 0.512 e.